The molecule has 1 aliphatic rings. The van der Waals surface area contributed by atoms with E-state index in [4.69, 9.17) is 16.0 Å². The van der Waals surface area contributed by atoms with Crippen molar-refractivity contribution in [1.82, 2.24) is 0 Å². The Morgan fingerprint density at radius 1 is 1.16 bits per heavy atom. The van der Waals surface area contributed by atoms with Gasteiger partial charge in [0.1, 0.15) is 5.75 Å². The lowest BCUT2D eigenvalue weighted by Gasteiger charge is -2.10. The lowest BCUT2D eigenvalue weighted by molar-refractivity contribution is -0.123. The van der Waals surface area contributed by atoms with Gasteiger partial charge in [-0.2, -0.15) is 8.42 Å². The SMILES string of the molecule is [2H][C@@]1(c2ccc(Br)cc2)OC(N)=C(OS(=O)(=O)Cc2ccccc2)C1=O. The van der Waals surface area contributed by atoms with Crippen LogP contribution in [0.5, 0.6) is 0 Å². The maximum absolute atomic E-state index is 12.6. The highest BCUT2D eigenvalue weighted by Gasteiger charge is 2.39. The van der Waals surface area contributed by atoms with Crippen molar-refractivity contribution in [2.45, 2.75) is 11.8 Å². The maximum atomic E-state index is 12.6. The van der Waals surface area contributed by atoms with Crippen LogP contribution < -0.4 is 5.73 Å². The van der Waals surface area contributed by atoms with E-state index in [2.05, 4.69) is 15.9 Å². The van der Waals surface area contributed by atoms with E-state index in [-0.39, 0.29) is 5.56 Å². The molecule has 1 aliphatic heterocycles. The molecular weight excluding hydrogens is 410 g/mol. The summed E-state index contributed by atoms with van der Waals surface area (Å²) in [4.78, 5) is 12.6. The molecule has 0 saturated heterocycles. The predicted molar refractivity (Wildman–Crippen MR) is 94.3 cm³/mol. The van der Waals surface area contributed by atoms with E-state index < -0.39 is 39.4 Å². The number of rotatable bonds is 5. The summed E-state index contributed by atoms with van der Waals surface area (Å²) in [6.07, 6.45) is -2.19. The van der Waals surface area contributed by atoms with Crippen LogP contribution in [0.4, 0.5) is 0 Å². The van der Waals surface area contributed by atoms with E-state index in [1.807, 2.05) is 0 Å². The highest BCUT2D eigenvalue weighted by Crippen LogP contribution is 2.33. The Kier molecular flexibility index (Phi) is 4.46. The smallest absolute Gasteiger partial charge is 0.313 e. The normalized spacial score (nSPS) is 21.0. The summed E-state index contributed by atoms with van der Waals surface area (Å²) in [7, 11) is -4.15. The Bertz CT molecular complexity index is 976. The highest BCUT2D eigenvalue weighted by molar-refractivity contribution is 9.10. The highest BCUT2D eigenvalue weighted by atomic mass is 79.9. The topological polar surface area (TPSA) is 95.7 Å². The number of halogens is 1. The molecule has 0 fully saturated rings. The Balaban J connectivity index is 1.83. The van der Waals surface area contributed by atoms with Crippen molar-refractivity contribution in [1.29, 1.82) is 0 Å². The maximum Gasteiger partial charge on any atom is 0.313 e. The van der Waals surface area contributed by atoms with Crippen molar-refractivity contribution in [2.75, 3.05) is 0 Å². The molecule has 130 valence electrons. The van der Waals surface area contributed by atoms with Gasteiger partial charge in [-0.05, 0) is 17.7 Å². The molecule has 1 heterocycles. The van der Waals surface area contributed by atoms with Crippen molar-refractivity contribution < 1.29 is 23.5 Å². The van der Waals surface area contributed by atoms with Crippen LogP contribution in [0.15, 0.2) is 70.7 Å². The third-order valence-electron chi connectivity index (χ3n) is 3.35. The molecule has 2 aromatic rings. The number of nitrogens with two attached hydrogens (primary N) is 1. The first-order valence-electron chi connectivity index (χ1n) is 7.67. The fourth-order valence-corrected chi connectivity index (χ4v) is 3.56. The van der Waals surface area contributed by atoms with Gasteiger partial charge in [0, 0.05) is 10.0 Å². The fraction of sp³-hybridized carbons (Fsp3) is 0.118. The number of hydrogen-bond donors (Lipinski definition) is 1. The van der Waals surface area contributed by atoms with Crippen LogP contribution in [0.25, 0.3) is 0 Å². The number of carbonyl (C=O) groups is 1. The molecule has 1 atom stereocenters. The Morgan fingerprint density at radius 2 is 1.80 bits per heavy atom. The van der Waals surface area contributed by atoms with E-state index in [0.717, 1.165) is 4.47 Å². The first-order valence-corrected chi connectivity index (χ1v) is 9.54. The largest absolute Gasteiger partial charge is 0.460 e. The average molecular weight is 425 g/mol. The number of Topliss-reactive ketones (excluding diaryl/α,β-unsaturated/α-hetero) is 1. The average Bonchev–Trinajstić information content (AvgIpc) is 2.80. The second kappa shape index (κ2) is 6.89. The Labute approximate surface area is 154 Å². The van der Waals surface area contributed by atoms with Gasteiger partial charge >= 0.3 is 10.1 Å². The second-order valence-electron chi connectivity index (χ2n) is 5.23. The quantitative estimate of drug-likeness (QED) is 0.741. The van der Waals surface area contributed by atoms with E-state index in [9.17, 15) is 13.2 Å². The van der Waals surface area contributed by atoms with E-state index in [1.54, 1.807) is 42.5 Å². The van der Waals surface area contributed by atoms with E-state index >= 15 is 0 Å². The fourth-order valence-electron chi connectivity index (χ4n) is 2.22. The Morgan fingerprint density at radius 3 is 2.44 bits per heavy atom. The number of hydrogen-bond acceptors (Lipinski definition) is 6. The molecule has 0 aromatic heterocycles. The Hall–Kier alpha value is -2.32. The van der Waals surface area contributed by atoms with E-state index in [1.165, 1.54) is 12.1 Å². The monoisotopic (exact) mass is 424 g/mol. The van der Waals surface area contributed by atoms with Gasteiger partial charge in [-0.1, -0.05) is 58.4 Å². The van der Waals surface area contributed by atoms with Gasteiger partial charge in [0.2, 0.25) is 17.4 Å². The lowest BCUT2D eigenvalue weighted by atomic mass is 10.1. The van der Waals surface area contributed by atoms with Crippen LogP contribution in [-0.4, -0.2) is 14.2 Å². The summed E-state index contributed by atoms with van der Waals surface area (Å²) in [6, 6.07) is 14.6. The zero-order valence-corrected chi connectivity index (χ0v) is 15.2. The van der Waals surface area contributed by atoms with Gasteiger partial charge < -0.3 is 14.7 Å². The van der Waals surface area contributed by atoms with Gasteiger partial charge in [-0.15, -0.1) is 0 Å². The zero-order chi connectivity index (χ0) is 18.9. The molecule has 25 heavy (non-hydrogen) atoms. The summed E-state index contributed by atoms with van der Waals surface area (Å²) in [5.41, 5.74) is 6.32. The first-order chi connectivity index (χ1) is 12.2. The van der Waals surface area contributed by atoms with Crippen LogP contribution >= 0.6 is 15.9 Å². The summed E-state index contributed by atoms with van der Waals surface area (Å²) >= 11 is 3.26. The molecule has 8 heteroatoms. The number of benzene rings is 2. The van der Waals surface area contributed by atoms with Crippen molar-refractivity contribution in [2.24, 2.45) is 5.73 Å². The minimum absolute atomic E-state index is 0.202. The predicted octanol–water partition coefficient (Wildman–Crippen LogP) is 2.76. The molecule has 0 saturated carbocycles. The summed E-state index contributed by atoms with van der Waals surface area (Å²) in [6.45, 7) is 0. The van der Waals surface area contributed by atoms with Crippen molar-refractivity contribution in [3.05, 3.63) is 81.8 Å². The standard InChI is InChI=1S/C17H14BrNO5S/c18-13-8-6-12(7-9-13)15-14(20)16(17(19)23-15)24-25(21,22)10-11-4-2-1-3-5-11/h1-9,15H,10,19H2/t15-/m0/s1/i15D. The van der Waals surface area contributed by atoms with Gasteiger partial charge in [0.15, 0.2) is 6.08 Å². The molecule has 0 amide bonds. The lowest BCUT2D eigenvalue weighted by Crippen LogP contribution is -2.16. The summed E-state index contributed by atoms with van der Waals surface area (Å²) < 4.78 is 43.6. The van der Waals surface area contributed by atoms with Gasteiger partial charge in [0.05, 0.1) is 1.37 Å². The molecule has 6 nitrogen and oxygen atoms in total. The summed E-state index contributed by atoms with van der Waals surface area (Å²) in [5.74, 6) is -2.64. The third kappa shape index (κ3) is 4.02. The molecule has 0 spiro atoms. The molecule has 0 unspecified atom stereocenters. The molecule has 2 aromatic carbocycles. The van der Waals surface area contributed by atoms with Crippen LogP contribution in [-0.2, 0) is 29.6 Å². The third-order valence-corrected chi connectivity index (χ3v) is 4.99. The second-order valence-corrected chi connectivity index (χ2v) is 7.72. The van der Waals surface area contributed by atoms with Crippen molar-refractivity contribution in [3.63, 3.8) is 0 Å². The van der Waals surface area contributed by atoms with Crippen LogP contribution in [0.3, 0.4) is 0 Å². The van der Waals surface area contributed by atoms with Crippen molar-refractivity contribution >= 4 is 31.8 Å². The minimum atomic E-state index is -4.15. The van der Waals surface area contributed by atoms with Crippen LogP contribution in [0.2, 0.25) is 0 Å². The number of carbonyl (C=O) groups excluding carboxylic acids is 1. The number of ether oxygens (including phenoxy) is 1. The summed E-state index contributed by atoms with van der Waals surface area (Å²) in [5, 5.41) is 0. The van der Waals surface area contributed by atoms with Crippen molar-refractivity contribution in [3.8, 4) is 0 Å². The van der Waals surface area contributed by atoms with Gasteiger partial charge in [0.25, 0.3) is 0 Å². The molecule has 0 bridgehead atoms. The van der Waals surface area contributed by atoms with Crippen LogP contribution in [0, 0.1) is 0 Å². The molecule has 3 rings (SSSR count). The zero-order valence-electron chi connectivity index (χ0n) is 13.8. The number of ketones is 1. The first kappa shape index (κ1) is 16.2. The molecular formula is C17H14BrNO5S. The van der Waals surface area contributed by atoms with Gasteiger partial charge in [-0.25, -0.2) is 0 Å². The molecule has 0 radical (unpaired) electrons. The van der Waals surface area contributed by atoms with Gasteiger partial charge in [-0.3, -0.25) is 4.79 Å². The van der Waals surface area contributed by atoms with Crippen LogP contribution in [0.1, 0.15) is 18.6 Å². The molecule has 2 N–H and O–H groups in total. The van der Waals surface area contributed by atoms with E-state index in [0.29, 0.717) is 5.56 Å². The minimum Gasteiger partial charge on any atom is -0.460 e. The molecule has 0 aliphatic carbocycles.